The highest BCUT2D eigenvalue weighted by Crippen LogP contribution is 2.19. The normalized spacial score (nSPS) is 14.4. The number of rotatable bonds is 26. The summed E-state index contributed by atoms with van der Waals surface area (Å²) in [6.07, 6.45) is -0.636. The molecule has 340 valence electrons. The van der Waals surface area contributed by atoms with Gasteiger partial charge in [0.2, 0.25) is 23.6 Å². The number of nitrogens with two attached hydrogens (primary N) is 2. The van der Waals surface area contributed by atoms with E-state index in [0.29, 0.717) is 23.0 Å². The van der Waals surface area contributed by atoms with Crippen LogP contribution in [0.1, 0.15) is 76.6 Å². The molecular formula is C40H50N8O14S. The molecular weight excluding hydrogens is 849 g/mol. The highest BCUT2D eigenvalue weighted by atomic mass is 32.2. The van der Waals surface area contributed by atoms with Crippen molar-refractivity contribution in [3.63, 3.8) is 0 Å². The van der Waals surface area contributed by atoms with E-state index in [4.69, 9.17) is 11.5 Å². The predicted octanol–water partition coefficient (Wildman–Crippen LogP) is 0.385. The van der Waals surface area contributed by atoms with Gasteiger partial charge in [0.1, 0.15) is 12.1 Å². The Bertz CT molecular complexity index is 2050. The number of primary amides is 2. The molecule has 0 saturated heterocycles. The first-order valence-corrected chi connectivity index (χ1v) is 20.9. The van der Waals surface area contributed by atoms with Crippen molar-refractivity contribution in [2.75, 3.05) is 0 Å². The van der Waals surface area contributed by atoms with Crippen molar-refractivity contribution in [1.29, 1.82) is 0 Å². The number of hydrogen-bond acceptors (Lipinski definition) is 14. The molecule has 2 aromatic carbocycles. The largest absolute Gasteiger partial charge is 0.370 e. The molecule has 22 nitrogen and oxygen atoms in total. The molecule has 0 aliphatic heterocycles. The summed E-state index contributed by atoms with van der Waals surface area (Å²) in [5.41, 5.74) is 10.5. The number of nitro groups is 2. The maximum absolute atomic E-state index is 13.4. The van der Waals surface area contributed by atoms with Crippen LogP contribution in [0.3, 0.4) is 0 Å². The second kappa shape index (κ2) is 24.3. The number of ketones is 2. The third-order valence-electron chi connectivity index (χ3n) is 8.80. The predicted molar refractivity (Wildman–Crippen MR) is 224 cm³/mol. The minimum Gasteiger partial charge on any atom is -0.370 e. The Labute approximate surface area is 361 Å². The summed E-state index contributed by atoms with van der Waals surface area (Å²) >= 11 is 0. The second-order valence-electron chi connectivity index (χ2n) is 15.0. The van der Waals surface area contributed by atoms with Gasteiger partial charge in [-0.05, 0) is 36.8 Å². The van der Waals surface area contributed by atoms with E-state index < -0.39 is 116 Å². The van der Waals surface area contributed by atoms with Gasteiger partial charge in [0.25, 0.3) is 11.8 Å². The van der Waals surface area contributed by atoms with Crippen LogP contribution >= 0.6 is 0 Å². The third kappa shape index (κ3) is 17.8. The van der Waals surface area contributed by atoms with E-state index in [1.165, 1.54) is 48.5 Å². The van der Waals surface area contributed by atoms with Crippen LogP contribution in [0.4, 0.5) is 0 Å². The average molecular weight is 899 g/mol. The Morgan fingerprint density at radius 1 is 0.556 bits per heavy atom. The Balaban J connectivity index is 2.28. The van der Waals surface area contributed by atoms with Gasteiger partial charge in [-0.2, -0.15) is 0 Å². The zero-order valence-corrected chi connectivity index (χ0v) is 35.5. The van der Waals surface area contributed by atoms with Crippen LogP contribution in [-0.4, -0.2) is 89.4 Å². The monoisotopic (exact) mass is 898 g/mol. The number of amides is 6. The summed E-state index contributed by atoms with van der Waals surface area (Å²) in [4.78, 5) is 125. The maximum atomic E-state index is 13.4. The fourth-order valence-electron chi connectivity index (χ4n) is 5.91. The van der Waals surface area contributed by atoms with E-state index in [1.54, 1.807) is 39.8 Å². The number of carbonyl (C=O) groups is 8. The maximum Gasteiger partial charge on any atom is 0.314 e. The quantitative estimate of drug-likeness (QED) is 0.0423. The highest BCUT2D eigenvalue weighted by Gasteiger charge is 2.38. The minimum absolute atomic E-state index is 0.0305. The van der Waals surface area contributed by atoms with E-state index in [9.17, 15) is 67.0 Å². The number of sulfone groups is 1. The van der Waals surface area contributed by atoms with Crippen LogP contribution in [0.2, 0.25) is 0 Å². The van der Waals surface area contributed by atoms with Gasteiger partial charge in [0.05, 0.1) is 24.9 Å². The van der Waals surface area contributed by atoms with E-state index >= 15 is 0 Å². The number of nitrogens with one attached hydrogen (secondary N) is 4. The minimum atomic E-state index is -4.53. The number of nitrogens with zero attached hydrogens (tertiary/aromatic N) is 2. The molecule has 0 heterocycles. The molecule has 0 aliphatic carbocycles. The molecule has 2 rings (SSSR count). The summed E-state index contributed by atoms with van der Waals surface area (Å²) in [5, 5.41) is 33.3. The highest BCUT2D eigenvalue weighted by molar-refractivity contribution is 7.97. The fraction of sp³-hybridized carbons (Fsp3) is 0.400. The SMILES string of the molecule is CC(C)C[C@H](NC(=O)[C@H](CC(N)=O)NC(=O)C(c1ccccc1)[N+](=O)[O-])C(=O)C=CS(=O)(=O)C=CC(=O)[C@H](CC(C)C)NC(=O)[C@H](CC(N)=O)NC(=O)C(c1ccccc1)[N+](=O)[O-]. The van der Waals surface area contributed by atoms with E-state index in [1.807, 2.05) is 0 Å². The van der Waals surface area contributed by atoms with E-state index in [-0.39, 0.29) is 35.8 Å². The van der Waals surface area contributed by atoms with Gasteiger partial charge < -0.3 is 32.7 Å². The lowest BCUT2D eigenvalue weighted by atomic mass is 9.99. The summed E-state index contributed by atoms with van der Waals surface area (Å²) in [7, 11) is -4.53. The van der Waals surface area contributed by atoms with Crippen molar-refractivity contribution in [1.82, 2.24) is 21.3 Å². The van der Waals surface area contributed by atoms with Crippen molar-refractivity contribution in [3.05, 3.63) is 115 Å². The molecule has 0 fully saturated rings. The van der Waals surface area contributed by atoms with Crippen LogP contribution in [0, 0.1) is 32.1 Å². The number of hydrogen-bond donors (Lipinski definition) is 6. The number of benzene rings is 2. The smallest absolute Gasteiger partial charge is 0.314 e. The molecule has 23 heteroatoms. The van der Waals surface area contributed by atoms with Gasteiger partial charge in [-0.25, -0.2) is 8.42 Å². The molecule has 6 amide bonds. The lowest BCUT2D eigenvalue weighted by Gasteiger charge is -2.23. The Morgan fingerprint density at radius 2 is 0.857 bits per heavy atom. The second-order valence-corrected chi connectivity index (χ2v) is 16.8. The van der Waals surface area contributed by atoms with Crippen molar-refractivity contribution >= 4 is 56.8 Å². The molecule has 63 heavy (non-hydrogen) atoms. The molecule has 0 saturated carbocycles. The summed E-state index contributed by atoms with van der Waals surface area (Å²) in [6, 6.07) is 3.71. The van der Waals surface area contributed by atoms with E-state index in [2.05, 4.69) is 21.3 Å². The summed E-state index contributed by atoms with van der Waals surface area (Å²) in [5.74, 6) is -9.51. The summed E-state index contributed by atoms with van der Waals surface area (Å²) < 4.78 is 26.0. The topological polar surface area (TPSA) is 357 Å². The van der Waals surface area contributed by atoms with Crippen molar-refractivity contribution < 1.29 is 56.6 Å². The van der Waals surface area contributed by atoms with Gasteiger partial charge in [-0.1, -0.05) is 88.4 Å². The molecule has 0 aromatic heterocycles. The third-order valence-corrected chi connectivity index (χ3v) is 9.83. The molecule has 2 unspecified atom stereocenters. The molecule has 0 aliphatic rings. The van der Waals surface area contributed by atoms with E-state index in [0.717, 1.165) is 0 Å². The average Bonchev–Trinajstić information content (AvgIpc) is 3.18. The molecule has 0 bridgehead atoms. The van der Waals surface area contributed by atoms with Gasteiger partial charge >= 0.3 is 12.1 Å². The lowest BCUT2D eigenvalue weighted by Crippen LogP contribution is -2.54. The van der Waals surface area contributed by atoms with Gasteiger partial charge in [-0.3, -0.25) is 58.6 Å². The van der Waals surface area contributed by atoms with Crippen LogP contribution in [0.15, 0.2) is 83.6 Å². The first-order chi connectivity index (χ1) is 29.4. The Hall–Kier alpha value is -7.17. The Kier molecular flexibility index (Phi) is 20.1. The van der Waals surface area contributed by atoms with Crippen LogP contribution in [0.25, 0.3) is 0 Å². The van der Waals surface area contributed by atoms with Crippen LogP contribution in [0.5, 0.6) is 0 Å². The zero-order chi connectivity index (χ0) is 47.6. The molecule has 0 radical (unpaired) electrons. The summed E-state index contributed by atoms with van der Waals surface area (Å²) in [6.45, 7) is 6.65. The van der Waals surface area contributed by atoms with Gasteiger partial charge in [0.15, 0.2) is 21.4 Å². The molecule has 0 spiro atoms. The molecule has 2 aromatic rings. The van der Waals surface area contributed by atoms with Crippen LogP contribution in [-0.2, 0) is 48.2 Å². The van der Waals surface area contributed by atoms with Crippen molar-refractivity contribution in [3.8, 4) is 0 Å². The van der Waals surface area contributed by atoms with Gasteiger partial charge in [-0.15, -0.1) is 0 Å². The zero-order valence-electron chi connectivity index (χ0n) is 34.7. The van der Waals surface area contributed by atoms with Crippen molar-refractivity contribution in [2.24, 2.45) is 23.3 Å². The van der Waals surface area contributed by atoms with Crippen molar-refractivity contribution in [2.45, 2.75) is 89.6 Å². The first kappa shape index (κ1) is 52.0. The lowest BCUT2D eigenvalue weighted by molar-refractivity contribution is -0.513. The van der Waals surface area contributed by atoms with Crippen LogP contribution < -0.4 is 32.7 Å². The van der Waals surface area contributed by atoms with Gasteiger partial charge in [0, 0.05) is 31.8 Å². The first-order valence-electron chi connectivity index (χ1n) is 19.3. The number of carbonyl (C=O) groups excluding carboxylic acids is 8. The fourth-order valence-corrected chi connectivity index (χ4v) is 6.65. The molecule has 8 N–H and O–H groups in total. The standard InChI is InChI=1S/C40H50N8O14S/c1-23(2)19-27(43-37(53)29(21-33(41)51)45-39(55)35(47(57)58)25-11-7-5-8-12-25)31(49)15-17-63(61,62)18-16-32(50)28(20-24(3)4)44-38(54)30(22-34(42)52)46-40(56)36(48(59)60)26-13-9-6-10-14-26/h5-18,23-24,27-30,35-36H,19-22H2,1-4H3,(H2,41,51)(H2,42,52)(H,43,53)(H,44,54)(H,45,55)(H,46,56)/t27-,28-,29-,30-,35?,36?/m0/s1. The Morgan fingerprint density at radius 3 is 1.13 bits per heavy atom. The molecule has 6 atom stereocenters.